The van der Waals surface area contributed by atoms with E-state index in [2.05, 4.69) is 20.3 Å². The molecule has 0 radical (unpaired) electrons. The molecule has 9 nitrogen and oxygen atoms in total. The molecule has 0 aliphatic carbocycles. The lowest BCUT2D eigenvalue weighted by Crippen LogP contribution is -2.18. The number of amides is 1. The number of hydrogen-bond acceptors (Lipinski definition) is 6. The van der Waals surface area contributed by atoms with E-state index in [1.54, 1.807) is 36.7 Å². The van der Waals surface area contributed by atoms with Gasteiger partial charge in [0.25, 0.3) is 11.6 Å². The molecule has 1 N–H and O–H groups in total. The summed E-state index contributed by atoms with van der Waals surface area (Å²) in [5, 5.41) is 17.7. The van der Waals surface area contributed by atoms with E-state index >= 15 is 0 Å². The number of carbonyl (C=O) groups excluding carboxylic acids is 1. The first kappa shape index (κ1) is 17.7. The second kappa shape index (κ2) is 7.47. The molecule has 0 atom stereocenters. The Morgan fingerprint density at radius 3 is 2.39 bits per heavy atom. The van der Waals surface area contributed by atoms with Crippen molar-refractivity contribution in [3.63, 3.8) is 0 Å². The standard InChI is InChI=1S/C19H18N6O3/c26-19(21-18-8-7-16(13-20-18)23-10-1-2-11-23)17-9-12-24(22-17)14-3-5-15(6-4-14)25(27)28/h3-9,12-13H,1-2,10-11H2,(H,20,21,26). The number of carbonyl (C=O) groups is 1. The van der Waals surface area contributed by atoms with Gasteiger partial charge in [-0.05, 0) is 43.2 Å². The van der Waals surface area contributed by atoms with E-state index in [-0.39, 0.29) is 17.3 Å². The zero-order valence-corrected chi connectivity index (χ0v) is 15.0. The third kappa shape index (κ3) is 3.68. The SMILES string of the molecule is O=C(Nc1ccc(N2CCCC2)cn1)c1ccn(-c2ccc([N+](=O)[O-])cc2)n1. The van der Waals surface area contributed by atoms with Crippen LogP contribution in [-0.4, -0.2) is 38.7 Å². The van der Waals surface area contributed by atoms with Gasteiger partial charge in [-0.1, -0.05) is 0 Å². The number of nitrogens with zero attached hydrogens (tertiary/aromatic N) is 5. The van der Waals surface area contributed by atoms with E-state index in [1.165, 1.54) is 29.7 Å². The molecule has 2 aromatic heterocycles. The minimum absolute atomic E-state index is 0.00248. The molecule has 0 saturated carbocycles. The van der Waals surface area contributed by atoms with Crippen LogP contribution >= 0.6 is 0 Å². The van der Waals surface area contributed by atoms with Crippen LogP contribution in [0.25, 0.3) is 5.69 Å². The largest absolute Gasteiger partial charge is 0.370 e. The first-order valence-electron chi connectivity index (χ1n) is 8.93. The van der Waals surface area contributed by atoms with Crippen LogP contribution in [0.1, 0.15) is 23.3 Å². The summed E-state index contributed by atoms with van der Waals surface area (Å²) in [7, 11) is 0. The third-order valence-electron chi connectivity index (χ3n) is 4.61. The first-order valence-corrected chi connectivity index (χ1v) is 8.93. The molecule has 0 spiro atoms. The molecule has 1 aliphatic rings. The quantitative estimate of drug-likeness (QED) is 0.540. The lowest BCUT2D eigenvalue weighted by molar-refractivity contribution is -0.384. The number of pyridine rings is 1. The molecular formula is C19H18N6O3. The summed E-state index contributed by atoms with van der Waals surface area (Å²) in [6.07, 6.45) is 5.77. The van der Waals surface area contributed by atoms with Gasteiger partial charge in [-0.25, -0.2) is 9.67 Å². The minimum Gasteiger partial charge on any atom is -0.370 e. The number of nitro groups is 1. The summed E-state index contributed by atoms with van der Waals surface area (Å²) in [6.45, 7) is 2.07. The maximum Gasteiger partial charge on any atom is 0.277 e. The highest BCUT2D eigenvalue weighted by Crippen LogP contribution is 2.20. The van der Waals surface area contributed by atoms with Crippen LogP contribution in [0.4, 0.5) is 17.2 Å². The fourth-order valence-electron chi connectivity index (χ4n) is 3.12. The lowest BCUT2D eigenvalue weighted by Gasteiger charge is -2.17. The monoisotopic (exact) mass is 378 g/mol. The Labute approximate surface area is 160 Å². The molecule has 28 heavy (non-hydrogen) atoms. The van der Waals surface area contributed by atoms with E-state index in [0.717, 1.165) is 18.8 Å². The van der Waals surface area contributed by atoms with Gasteiger partial charge < -0.3 is 10.2 Å². The smallest absolute Gasteiger partial charge is 0.277 e. The molecule has 1 aliphatic heterocycles. The van der Waals surface area contributed by atoms with Crippen molar-refractivity contribution in [1.29, 1.82) is 0 Å². The number of anilines is 2. The Hall–Kier alpha value is -3.75. The zero-order chi connectivity index (χ0) is 19.5. The van der Waals surface area contributed by atoms with Crippen molar-refractivity contribution in [1.82, 2.24) is 14.8 Å². The van der Waals surface area contributed by atoms with E-state index in [9.17, 15) is 14.9 Å². The Morgan fingerprint density at radius 1 is 1.04 bits per heavy atom. The molecule has 1 saturated heterocycles. The van der Waals surface area contributed by atoms with Gasteiger partial charge in [0.15, 0.2) is 5.69 Å². The van der Waals surface area contributed by atoms with Crippen molar-refractivity contribution < 1.29 is 9.72 Å². The minimum atomic E-state index is -0.465. The van der Waals surface area contributed by atoms with E-state index in [0.29, 0.717) is 11.5 Å². The Kier molecular flexibility index (Phi) is 4.71. The number of hydrogen-bond donors (Lipinski definition) is 1. The summed E-state index contributed by atoms with van der Waals surface area (Å²) in [6, 6.07) is 11.2. The molecule has 0 bridgehead atoms. The maximum absolute atomic E-state index is 12.4. The summed E-state index contributed by atoms with van der Waals surface area (Å²) in [4.78, 5) is 29.3. The summed E-state index contributed by atoms with van der Waals surface area (Å²) >= 11 is 0. The van der Waals surface area contributed by atoms with Crippen LogP contribution in [-0.2, 0) is 0 Å². The number of benzene rings is 1. The van der Waals surface area contributed by atoms with Crippen molar-refractivity contribution in [3.05, 3.63) is 70.7 Å². The third-order valence-corrected chi connectivity index (χ3v) is 4.61. The molecule has 1 aromatic carbocycles. The van der Waals surface area contributed by atoms with Crippen LogP contribution in [0.3, 0.4) is 0 Å². The van der Waals surface area contributed by atoms with Crippen LogP contribution < -0.4 is 10.2 Å². The number of non-ortho nitro benzene ring substituents is 1. The van der Waals surface area contributed by atoms with Crippen molar-refractivity contribution >= 4 is 23.1 Å². The fourth-order valence-corrected chi connectivity index (χ4v) is 3.12. The van der Waals surface area contributed by atoms with Gasteiger partial charge in [-0.2, -0.15) is 5.10 Å². The number of aromatic nitrogens is 3. The fraction of sp³-hybridized carbons (Fsp3) is 0.211. The highest BCUT2D eigenvalue weighted by Gasteiger charge is 2.14. The predicted molar refractivity (Wildman–Crippen MR) is 104 cm³/mol. The second-order valence-electron chi connectivity index (χ2n) is 6.47. The first-order chi connectivity index (χ1) is 13.6. The van der Waals surface area contributed by atoms with Crippen LogP contribution in [0.5, 0.6) is 0 Å². The van der Waals surface area contributed by atoms with Gasteiger partial charge >= 0.3 is 0 Å². The summed E-state index contributed by atoms with van der Waals surface area (Å²) in [5.41, 5.74) is 1.90. The van der Waals surface area contributed by atoms with Gasteiger partial charge in [-0.15, -0.1) is 0 Å². The molecule has 0 unspecified atom stereocenters. The van der Waals surface area contributed by atoms with Crippen LogP contribution in [0.2, 0.25) is 0 Å². The average Bonchev–Trinajstić information content (AvgIpc) is 3.41. The molecule has 3 aromatic rings. The Balaban J connectivity index is 1.43. The molecule has 142 valence electrons. The van der Waals surface area contributed by atoms with Gasteiger partial charge in [0.2, 0.25) is 0 Å². The van der Waals surface area contributed by atoms with Crippen LogP contribution in [0.15, 0.2) is 54.9 Å². The average molecular weight is 378 g/mol. The van der Waals surface area contributed by atoms with Gasteiger partial charge in [-0.3, -0.25) is 14.9 Å². The molecular weight excluding hydrogens is 360 g/mol. The number of nitrogens with one attached hydrogen (secondary N) is 1. The van der Waals surface area contributed by atoms with Crippen molar-refractivity contribution in [2.45, 2.75) is 12.8 Å². The Bertz CT molecular complexity index is 991. The summed E-state index contributed by atoms with van der Waals surface area (Å²) in [5.74, 6) is 0.0833. The molecule has 1 amide bonds. The van der Waals surface area contributed by atoms with E-state index in [4.69, 9.17) is 0 Å². The van der Waals surface area contributed by atoms with Gasteiger partial charge in [0, 0.05) is 31.4 Å². The second-order valence-corrected chi connectivity index (χ2v) is 6.47. The summed E-state index contributed by atoms with van der Waals surface area (Å²) < 4.78 is 1.49. The number of nitro benzene ring substituents is 1. The van der Waals surface area contributed by atoms with E-state index in [1.807, 2.05) is 6.07 Å². The molecule has 3 heterocycles. The van der Waals surface area contributed by atoms with E-state index < -0.39 is 4.92 Å². The van der Waals surface area contributed by atoms with Gasteiger partial charge in [0.05, 0.1) is 22.5 Å². The van der Waals surface area contributed by atoms with Crippen molar-refractivity contribution in [2.24, 2.45) is 0 Å². The highest BCUT2D eigenvalue weighted by atomic mass is 16.6. The number of rotatable bonds is 5. The maximum atomic E-state index is 12.4. The van der Waals surface area contributed by atoms with Crippen molar-refractivity contribution in [3.8, 4) is 5.69 Å². The highest BCUT2D eigenvalue weighted by molar-refractivity contribution is 6.02. The predicted octanol–water partition coefficient (Wildman–Crippen LogP) is 3.03. The topological polar surface area (TPSA) is 106 Å². The lowest BCUT2D eigenvalue weighted by atomic mass is 10.3. The van der Waals surface area contributed by atoms with Crippen molar-refractivity contribution in [2.75, 3.05) is 23.3 Å². The Morgan fingerprint density at radius 2 is 1.75 bits per heavy atom. The van der Waals surface area contributed by atoms with Gasteiger partial charge in [0.1, 0.15) is 5.82 Å². The zero-order valence-electron chi connectivity index (χ0n) is 15.0. The molecule has 9 heteroatoms. The normalized spacial score (nSPS) is 13.5. The van der Waals surface area contributed by atoms with Crippen LogP contribution in [0, 0.1) is 10.1 Å². The molecule has 1 fully saturated rings. The molecule has 4 rings (SSSR count).